The zero-order chi connectivity index (χ0) is 23.0. The van der Waals surface area contributed by atoms with Crippen LogP contribution in [0.15, 0.2) is 59.5 Å². The number of aromatic carboxylic acids is 1. The van der Waals surface area contributed by atoms with E-state index in [1.807, 2.05) is 19.1 Å². The summed E-state index contributed by atoms with van der Waals surface area (Å²) in [4.78, 5) is 38.0. The van der Waals surface area contributed by atoms with Gasteiger partial charge in [-0.1, -0.05) is 13.0 Å². The zero-order valence-corrected chi connectivity index (χ0v) is 17.0. The summed E-state index contributed by atoms with van der Waals surface area (Å²) in [6.45, 7) is 1.69. The van der Waals surface area contributed by atoms with Gasteiger partial charge in [-0.15, -0.1) is 0 Å². The molecule has 0 aliphatic heterocycles. The van der Waals surface area contributed by atoms with Gasteiger partial charge >= 0.3 is 5.97 Å². The Morgan fingerprint density at radius 2 is 2.00 bits per heavy atom. The van der Waals surface area contributed by atoms with Crippen molar-refractivity contribution >= 4 is 22.6 Å². The van der Waals surface area contributed by atoms with Gasteiger partial charge in [-0.05, 0) is 42.3 Å². The molecule has 4 aromatic rings. The summed E-state index contributed by atoms with van der Waals surface area (Å²) in [5.74, 6) is -2.00. The van der Waals surface area contributed by atoms with E-state index in [4.69, 9.17) is 0 Å². The highest BCUT2D eigenvalue weighted by molar-refractivity contribution is 6.08. The monoisotopic (exact) mass is 435 g/mol. The summed E-state index contributed by atoms with van der Waals surface area (Å²) < 4.78 is 15.9. The van der Waals surface area contributed by atoms with Gasteiger partial charge in [0.05, 0.1) is 11.5 Å². The first-order valence-corrected chi connectivity index (χ1v) is 9.81. The first-order valence-electron chi connectivity index (χ1n) is 9.81. The lowest BCUT2D eigenvalue weighted by Gasteiger charge is -2.10. The van der Waals surface area contributed by atoms with Crippen LogP contribution in [0.4, 0.5) is 10.1 Å². The number of hydrogen-bond acceptors (Lipinski definition) is 4. The zero-order valence-electron chi connectivity index (χ0n) is 17.0. The molecule has 0 aliphatic carbocycles. The number of aromatic nitrogens is 2. The molecule has 9 heteroatoms. The van der Waals surface area contributed by atoms with Crippen LogP contribution in [0.25, 0.3) is 22.0 Å². The van der Waals surface area contributed by atoms with Crippen LogP contribution in [0, 0.1) is 15.9 Å². The lowest BCUT2D eigenvalue weighted by atomic mass is 10.0. The molecule has 0 atom stereocenters. The molecule has 4 rings (SSSR count). The van der Waals surface area contributed by atoms with Crippen LogP contribution in [0.2, 0.25) is 0 Å². The SMILES string of the molecule is CCc1ccc2c(c1)c(-c1ccc[nH]c1=O)c(C(=O)O)n2Cc1cc([N+](=O)[O-])ccc1F. The number of nitro benzene ring substituents is 1. The molecule has 0 bridgehead atoms. The number of nitrogens with zero attached hydrogens (tertiary/aromatic N) is 2. The molecule has 32 heavy (non-hydrogen) atoms. The third kappa shape index (κ3) is 3.53. The molecular weight excluding hydrogens is 417 g/mol. The Morgan fingerprint density at radius 1 is 1.22 bits per heavy atom. The number of halogens is 1. The van der Waals surface area contributed by atoms with Crippen molar-refractivity contribution in [3.05, 3.63) is 97.8 Å². The minimum Gasteiger partial charge on any atom is -0.477 e. The fraction of sp³-hybridized carbons (Fsp3) is 0.130. The van der Waals surface area contributed by atoms with Gasteiger partial charge in [-0.3, -0.25) is 14.9 Å². The molecule has 0 fully saturated rings. The van der Waals surface area contributed by atoms with Crippen LogP contribution in [0.3, 0.4) is 0 Å². The van der Waals surface area contributed by atoms with Gasteiger partial charge in [0.25, 0.3) is 11.2 Å². The highest BCUT2D eigenvalue weighted by Crippen LogP contribution is 2.35. The highest BCUT2D eigenvalue weighted by Gasteiger charge is 2.26. The number of nitrogens with one attached hydrogen (secondary N) is 1. The van der Waals surface area contributed by atoms with E-state index in [0.29, 0.717) is 17.3 Å². The third-order valence-corrected chi connectivity index (χ3v) is 5.39. The number of fused-ring (bicyclic) bond motifs is 1. The normalized spacial score (nSPS) is 11.1. The summed E-state index contributed by atoms with van der Waals surface area (Å²) >= 11 is 0. The van der Waals surface area contributed by atoms with Gasteiger partial charge in [0.1, 0.15) is 11.5 Å². The van der Waals surface area contributed by atoms with Crippen molar-refractivity contribution in [3.63, 3.8) is 0 Å². The van der Waals surface area contributed by atoms with E-state index < -0.39 is 22.3 Å². The van der Waals surface area contributed by atoms with Gasteiger partial charge in [0.15, 0.2) is 0 Å². The van der Waals surface area contributed by atoms with Crippen molar-refractivity contribution in [1.82, 2.24) is 9.55 Å². The number of aryl methyl sites for hydroxylation is 1. The number of hydrogen-bond donors (Lipinski definition) is 2. The van der Waals surface area contributed by atoms with Crippen molar-refractivity contribution < 1.29 is 19.2 Å². The van der Waals surface area contributed by atoms with Crippen LogP contribution < -0.4 is 5.56 Å². The molecule has 0 aliphatic rings. The third-order valence-electron chi connectivity index (χ3n) is 5.39. The topological polar surface area (TPSA) is 118 Å². The van der Waals surface area contributed by atoms with E-state index in [1.54, 1.807) is 12.1 Å². The van der Waals surface area contributed by atoms with Crippen molar-refractivity contribution in [2.45, 2.75) is 19.9 Å². The van der Waals surface area contributed by atoms with Gasteiger partial charge in [-0.2, -0.15) is 0 Å². The molecule has 2 heterocycles. The lowest BCUT2D eigenvalue weighted by Crippen LogP contribution is -2.14. The number of non-ortho nitro benzene ring substituents is 1. The molecule has 0 saturated heterocycles. The minimum absolute atomic E-state index is 0.0355. The van der Waals surface area contributed by atoms with E-state index in [1.165, 1.54) is 16.8 Å². The first kappa shape index (κ1) is 21.0. The number of pyridine rings is 1. The predicted octanol–water partition coefficient (Wildman–Crippen LogP) is 4.35. The summed E-state index contributed by atoms with van der Waals surface area (Å²) in [6, 6.07) is 11.6. The first-order chi connectivity index (χ1) is 15.3. The molecule has 0 saturated carbocycles. The Labute approximate surface area is 180 Å². The van der Waals surface area contributed by atoms with Gasteiger partial charge in [0, 0.05) is 45.9 Å². The van der Waals surface area contributed by atoms with Crippen LogP contribution in [0.5, 0.6) is 0 Å². The Balaban J connectivity index is 2.06. The molecule has 162 valence electrons. The van der Waals surface area contributed by atoms with Gasteiger partial charge in [0.2, 0.25) is 0 Å². The Kier molecular flexibility index (Phi) is 5.31. The van der Waals surface area contributed by atoms with Crippen LogP contribution >= 0.6 is 0 Å². The largest absolute Gasteiger partial charge is 0.477 e. The fourth-order valence-corrected chi connectivity index (χ4v) is 3.87. The number of benzene rings is 2. The Morgan fingerprint density at radius 3 is 2.66 bits per heavy atom. The molecule has 8 nitrogen and oxygen atoms in total. The summed E-state index contributed by atoms with van der Waals surface area (Å²) in [6.07, 6.45) is 2.13. The number of carboxylic acids is 1. The van der Waals surface area contributed by atoms with E-state index in [-0.39, 0.29) is 34.6 Å². The van der Waals surface area contributed by atoms with E-state index >= 15 is 0 Å². The van der Waals surface area contributed by atoms with Gasteiger partial charge < -0.3 is 14.7 Å². The fourth-order valence-electron chi connectivity index (χ4n) is 3.87. The lowest BCUT2D eigenvalue weighted by molar-refractivity contribution is -0.385. The molecule has 0 spiro atoms. The van der Waals surface area contributed by atoms with Crippen molar-refractivity contribution in [3.8, 4) is 11.1 Å². The Hall–Kier alpha value is -4.27. The highest BCUT2D eigenvalue weighted by atomic mass is 19.1. The number of H-pyrrole nitrogens is 1. The average Bonchev–Trinajstić information content (AvgIpc) is 3.08. The molecule has 0 unspecified atom stereocenters. The number of rotatable bonds is 6. The molecular formula is C23H18FN3O5. The molecule has 0 amide bonds. The predicted molar refractivity (Wildman–Crippen MR) is 116 cm³/mol. The number of aromatic amines is 1. The quantitative estimate of drug-likeness (QED) is 0.345. The van der Waals surface area contributed by atoms with Gasteiger partial charge in [-0.25, -0.2) is 9.18 Å². The molecule has 2 aromatic carbocycles. The number of carbonyl (C=O) groups is 1. The smallest absolute Gasteiger partial charge is 0.353 e. The van der Waals surface area contributed by atoms with Crippen LogP contribution in [-0.4, -0.2) is 25.6 Å². The maximum absolute atomic E-state index is 14.5. The van der Waals surface area contributed by atoms with E-state index in [0.717, 1.165) is 23.8 Å². The van der Waals surface area contributed by atoms with Crippen LogP contribution in [-0.2, 0) is 13.0 Å². The van der Waals surface area contributed by atoms with Crippen molar-refractivity contribution in [2.24, 2.45) is 0 Å². The number of carboxylic acid groups (broad SMARTS) is 1. The van der Waals surface area contributed by atoms with E-state index in [2.05, 4.69) is 4.98 Å². The number of nitro groups is 1. The van der Waals surface area contributed by atoms with E-state index in [9.17, 15) is 29.2 Å². The Bertz CT molecular complexity index is 1440. The maximum atomic E-state index is 14.5. The molecule has 2 N–H and O–H groups in total. The molecule has 2 aromatic heterocycles. The summed E-state index contributed by atoms with van der Waals surface area (Å²) in [5, 5.41) is 21.8. The van der Waals surface area contributed by atoms with Crippen LogP contribution in [0.1, 0.15) is 28.5 Å². The second kappa shape index (κ2) is 8.10. The second-order valence-electron chi connectivity index (χ2n) is 7.27. The second-order valence-corrected chi connectivity index (χ2v) is 7.27. The average molecular weight is 435 g/mol. The standard InChI is InChI=1S/C23H18FN3O5/c1-2-13-5-8-19-17(10-13)20(16-4-3-9-25-22(16)28)21(23(29)30)26(19)12-14-11-15(27(31)32)6-7-18(14)24/h3-11H,2,12H2,1H3,(H,25,28)(H,29,30). The minimum atomic E-state index is -1.30. The summed E-state index contributed by atoms with van der Waals surface area (Å²) in [5.41, 5.74) is 0.796. The molecule has 0 radical (unpaired) electrons. The summed E-state index contributed by atoms with van der Waals surface area (Å²) in [7, 11) is 0. The van der Waals surface area contributed by atoms with Crippen molar-refractivity contribution in [2.75, 3.05) is 0 Å². The van der Waals surface area contributed by atoms with Crippen molar-refractivity contribution in [1.29, 1.82) is 0 Å². The maximum Gasteiger partial charge on any atom is 0.353 e.